The highest BCUT2D eigenvalue weighted by atomic mass is 16.4. The van der Waals surface area contributed by atoms with Gasteiger partial charge in [0.25, 0.3) is 5.91 Å². The molecule has 1 amide bonds. The fourth-order valence-electron chi connectivity index (χ4n) is 2.91. The highest BCUT2D eigenvalue weighted by Crippen LogP contribution is 2.39. The molecule has 28 heavy (non-hydrogen) atoms. The van der Waals surface area contributed by atoms with Crippen LogP contribution in [0.4, 0.5) is 5.69 Å². The lowest BCUT2D eigenvalue weighted by Gasteiger charge is -2.30. The van der Waals surface area contributed by atoms with Gasteiger partial charge in [-0.1, -0.05) is 35.9 Å². The molecule has 1 atom stereocenters. The Bertz CT molecular complexity index is 844. The maximum atomic E-state index is 11.2. The number of hydrogen-bond acceptors (Lipinski definition) is 5. The van der Waals surface area contributed by atoms with Crippen LogP contribution in [0.2, 0.25) is 0 Å². The molecule has 1 aliphatic carbocycles. The molecule has 0 aromatic heterocycles. The zero-order valence-electron chi connectivity index (χ0n) is 15.4. The predicted molar refractivity (Wildman–Crippen MR) is 103 cm³/mol. The van der Waals surface area contributed by atoms with E-state index in [-0.39, 0.29) is 30.9 Å². The molecule has 0 radical (unpaired) electrons. The normalized spacial score (nSPS) is 20.8. The number of hydrazone groups is 1. The number of carboxylic acid groups (broad SMARTS) is 2. The van der Waals surface area contributed by atoms with E-state index in [2.05, 4.69) is 5.10 Å². The minimum absolute atomic E-state index is 0.0289. The van der Waals surface area contributed by atoms with Crippen molar-refractivity contribution in [1.82, 2.24) is 0 Å². The monoisotopic (exact) mass is 386 g/mol. The third-order valence-electron chi connectivity index (χ3n) is 4.57. The third kappa shape index (κ3) is 4.72. The average molecular weight is 386 g/mol. The molecule has 1 heterocycles. The minimum Gasteiger partial charge on any atom is -0.481 e. The summed E-state index contributed by atoms with van der Waals surface area (Å²) in [6, 6.07) is 9.40. The van der Waals surface area contributed by atoms with Crippen LogP contribution in [0.25, 0.3) is 0 Å². The second-order valence-corrected chi connectivity index (χ2v) is 6.52. The van der Waals surface area contributed by atoms with Crippen LogP contribution in [0, 0.1) is 5.41 Å². The van der Waals surface area contributed by atoms with E-state index in [1.165, 1.54) is 24.1 Å². The van der Waals surface area contributed by atoms with Crippen molar-refractivity contribution >= 4 is 29.7 Å². The van der Waals surface area contributed by atoms with Crippen LogP contribution >= 0.6 is 0 Å². The van der Waals surface area contributed by atoms with E-state index in [1.807, 2.05) is 30.3 Å². The summed E-state index contributed by atoms with van der Waals surface area (Å²) >= 11 is 0. The highest BCUT2D eigenvalue weighted by molar-refractivity contribution is 6.05. The third-order valence-corrected chi connectivity index (χ3v) is 4.57. The molecule has 0 spiro atoms. The maximum Gasteiger partial charge on any atom is 0.331 e. The van der Waals surface area contributed by atoms with Crippen molar-refractivity contribution in [3.63, 3.8) is 0 Å². The SMILES string of the molecule is CC1(C(=O)O)CC(C(=O)O)=CC=C1CCO.O=C1CC=NN1c1ccccc1. The van der Waals surface area contributed by atoms with E-state index in [9.17, 15) is 14.4 Å². The van der Waals surface area contributed by atoms with Gasteiger partial charge < -0.3 is 15.3 Å². The molecule has 3 rings (SSSR count). The zero-order chi connectivity index (χ0) is 20.7. The van der Waals surface area contributed by atoms with Gasteiger partial charge in [-0.3, -0.25) is 9.59 Å². The highest BCUT2D eigenvalue weighted by Gasteiger charge is 2.40. The van der Waals surface area contributed by atoms with Crippen LogP contribution in [0.15, 0.2) is 58.7 Å². The van der Waals surface area contributed by atoms with Crippen molar-refractivity contribution in [1.29, 1.82) is 0 Å². The Morgan fingerprint density at radius 2 is 1.86 bits per heavy atom. The molecule has 0 fully saturated rings. The number of amides is 1. The largest absolute Gasteiger partial charge is 0.481 e. The molecule has 8 heteroatoms. The summed E-state index contributed by atoms with van der Waals surface area (Å²) in [7, 11) is 0. The molecule has 148 valence electrons. The van der Waals surface area contributed by atoms with Gasteiger partial charge in [0.05, 0.1) is 17.5 Å². The van der Waals surface area contributed by atoms with Gasteiger partial charge in [0.2, 0.25) is 0 Å². The Labute approximate surface area is 162 Å². The maximum absolute atomic E-state index is 11.2. The second-order valence-electron chi connectivity index (χ2n) is 6.52. The van der Waals surface area contributed by atoms with Crippen LogP contribution in [0.5, 0.6) is 0 Å². The quantitative estimate of drug-likeness (QED) is 0.712. The summed E-state index contributed by atoms with van der Waals surface area (Å²) in [6.07, 6.45) is 5.11. The molecule has 1 aromatic rings. The first-order valence-electron chi connectivity index (χ1n) is 8.68. The topological polar surface area (TPSA) is 128 Å². The number of aliphatic hydroxyl groups excluding tert-OH is 1. The van der Waals surface area contributed by atoms with Crippen molar-refractivity contribution in [3.8, 4) is 0 Å². The van der Waals surface area contributed by atoms with Gasteiger partial charge in [-0.2, -0.15) is 5.10 Å². The summed E-state index contributed by atoms with van der Waals surface area (Å²) in [6.45, 7) is 1.33. The first-order valence-corrected chi connectivity index (χ1v) is 8.68. The lowest BCUT2D eigenvalue weighted by molar-refractivity contribution is -0.146. The van der Waals surface area contributed by atoms with Gasteiger partial charge in [0.15, 0.2) is 0 Å². The van der Waals surface area contributed by atoms with E-state index in [1.54, 1.807) is 6.21 Å². The molecule has 1 aromatic carbocycles. The van der Waals surface area contributed by atoms with Gasteiger partial charge in [0.1, 0.15) is 0 Å². The zero-order valence-corrected chi connectivity index (χ0v) is 15.4. The molecule has 3 N–H and O–H groups in total. The van der Waals surface area contributed by atoms with Gasteiger partial charge in [-0.15, -0.1) is 0 Å². The minimum atomic E-state index is -1.23. The van der Waals surface area contributed by atoms with Gasteiger partial charge in [0, 0.05) is 18.4 Å². The fourth-order valence-corrected chi connectivity index (χ4v) is 2.91. The number of carbonyl (C=O) groups is 3. The van der Waals surface area contributed by atoms with Crippen LogP contribution < -0.4 is 5.01 Å². The molecule has 8 nitrogen and oxygen atoms in total. The van der Waals surface area contributed by atoms with Crippen molar-refractivity contribution in [2.45, 2.75) is 26.2 Å². The number of carboxylic acids is 2. The lowest BCUT2D eigenvalue weighted by atomic mass is 9.72. The number of aliphatic hydroxyl groups is 1. The van der Waals surface area contributed by atoms with Crippen LogP contribution in [0.1, 0.15) is 26.2 Å². The predicted octanol–water partition coefficient (Wildman–Crippen LogP) is 2.21. The number of benzene rings is 1. The summed E-state index contributed by atoms with van der Waals surface area (Å²) < 4.78 is 0. The smallest absolute Gasteiger partial charge is 0.331 e. The number of carbonyl (C=O) groups excluding carboxylic acids is 1. The molecule has 2 aliphatic rings. The van der Waals surface area contributed by atoms with E-state index in [4.69, 9.17) is 15.3 Å². The van der Waals surface area contributed by atoms with Crippen molar-refractivity contribution in [3.05, 3.63) is 53.6 Å². The summed E-state index contributed by atoms with van der Waals surface area (Å²) in [4.78, 5) is 33.2. The van der Waals surface area contributed by atoms with Gasteiger partial charge in [-0.05, 0) is 31.9 Å². The molecule has 1 aliphatic heterocycles. The number of anilines is 1. The number of para-hydroxylation sites is 1. The van der Waals surface area contributed by atoms with Crippen LogP contribution in [0.3, 0.4) is 0 Å². The molecule has 0 bridgehead atoms. The summed E-state index contributed by atoms with van der Waals surface area (Å²) in [5.74, 6) is -2.15. The molecule has 0 saturated carbocycles. The Kier molecular flexibility index (Phi) is 6.84. The first-order chi connectivity index (χ1) is 13.3. The molecule has 0 saturated heterocycles. The molecule has 1 unspecified atom stereocenters. The second kappa shape index (κ2) is 9.09. The Morgan fingerprint density at radius 3 is 2.36 bits per heavy atom. The fraction of sp³-hybridized carbons (Fsp3) is 0.300. The molecular formula is C20H22N2O6. The van der Waals surface area contributed by atoms with E-state index < -0.39 is 17.4 Å². The number of nitrogens with zero attached hydrogens (tertiary/aromatic N) is 2. The van der Waals surface area contributed by atoms with Crippen molar-refractivity contribution in [2.75, 3.05) is 11.6 Å². The Hall–Kier alpha value is -3.26. The summed E-state index contributed by atoms with van der Waals surface area (Å²) in [5, 5.41) is 32.2. The number of hydrogen-bond donors (Lipinski definition) is 3. The average Bonchev–Trinajstić information content (AvgIpc) is 3.10. The van der Waals surface area contributed by atoms with Crippen LogP contribution in [-0.4, -0.2) is 46.0 Å². The van der Waals surface area contributed by atoms with E-state index in [0.29, 0.717) is 12.0 Å². The Balaban J connectivity index is 0.000000207. The first kappa shape index (κ1) is 21.0. The number of rotatable bonds is 5. The number of aliphatic carboxylic acids is 2. The van der Waals surface area contributed by atoms with Crippen molar-refractivity contribution < 1.29 is 29.7 Å². The van der Waals surface area contributed by atoms with E-state index in [0.717, 1.165) is 5.69 Å². The summed E-state index contributed by atoms with van der Waals surface area (Å²) in [5.41, 5.74) is 0.223. The van der Waals surface area contributed by atoms with Crippen LogP contribution in [-0.2, 0) is 14.4 Å². The van der Waals surface area contributed by atoms with E-state index >= 15 is 0 Å². The van der Waals surface area contributed by atoms with Gasteiger partial charge in [-0.25, -0.2) is 9.80 Å². The Morgan fingerprint density at radius 1 is 1.18 bits per heavy atom. The standard InChI is InChI=1S/C11H14O5.C9H8N2O/c1-11(10(15)16)6-7(9(13)14)2-3-8(11)4-5-12;12-9-6-7-10-11(9)8-4-2-1-3-5-8/h2-3,12H,4-6H2,1H3,(H,13,14)(H,15,16);1-5,7H,6H2. The van der Waals surface area contributed by atoms with Crippen molar-refractivity contribution in [2.24, 2.45) is 10.5 Å². The van der Waals surface area contributed by atoms with Gasteiger partial charge >= 0.3 is 11.9 Å². The molecular weight excluding hydrogens is 364 g/mol. The number of allylic oxidation sites excluding steroid dienone is 2. The lowest BCUT2D eigenvalue weighted by Crippen LogP contribution is -2.33.